The van der Waals surface area contributed by atoms with Crippen LogP contribution in [-0.2, 0) is 26.0 Å². The van der Waals surface area contributed by atoms with Crippen molar-refractivity contribution in [1.29, 1.82) is 0 Å². The van der Waals surface area contributed by atoms with Gasteiger partial charge < -0.3 is 10.2 Å². The zero-order valence-corrected chi connectivity index (χ0v) is 22.9. The van der Waals surface area contributed by atoms with Crippen molar-refractivity contribution < 1.29 is 18.0 Å². The molecule has 0 radical (unpaired) electrons. The van der Waals surface area contributed by atoms with Crippen molar-refractivity contribution >= 4 is 27.5 Å². The molecule has 0 aliphatic heterocycles. The summed E-state index contributed by atoms with van der Waals surface area (Å²) in [6.45, 7) is 7.06. The van der Waals surface area contributed by atoms with Gasteiger partial charge in [0, 0.05) is 13.6 Å². The number of benzene rings is 3. The Balaban J connectivity index is 2.02. The molecule has 0 aliphatic rings. The number of likely N-dealkylation sites (N-methyl/N-ethyl adjacent to an activating group) is 1. The largest absolute Gasteiger partial charge is 0.357 e. The number of aryl methyl sites for hydroxylation is 3. The molecule has 1 N–H and O–H groups in total. The van der Waals surface area contributed by atoms with E-state index in [9.17, 15) is 18.0 Å². The molecule has 3 aromatic carbocycles. The molecule has 2 amide bonds. The van der Waals surface area contributed by atoms with Crippen LogP contribution in [0.5, 0.6) is 0 Å². The normalized spacial score (nSPS) is 12.0. The fraction of sp³-hybridized carbons (Fsp3) is 0.310. The molecule has 37 heavy (non-hydrogen) atoms. The predicted octanol–water partition coefficient (Wildman–Crippen LogP) is 4.01. The highest BCUT2D eigenvalue weighted by molar-refractivity contribution is 7.92. The summed E-state index contributed by atoms with van der Waals surface area (Å²) in [5.74, 6) is -0.773. The van der Waals surface area contributed by atoms with Crippen molar-refractivity contribution in [3.63, 3.8) is 0 Å². The lowest BCUT2D eigenvalue weighted by atomic mass is 10.1. The summed E-state index contributed by atoms with van der Waals surface area (Å²) in [6, 6.07) is 21.0. The highest BCUT2D eigenvalue weighted by Crippen LogP contribution is 2.28. The van der Waals surface area contributed by atoms with Gasteiger partial charge in [-0.3, -0.25) is 13.9 Å². The zero-order valence-electron chi connectivity index (χ0n) is 22.1. The molecule has 8 heteroatoms. The van der Waals surface area contributed by atoms with Crippen molar-refractivity contribution in [3.05, 3.63) is 95.1 Å². The Hall–Kier alpha value is -3.65. The maximum Gasteiger partial charge on any atom is 0.264 e. The third-order valence-electron chi connectivity index (χ3n) is 6.42. The maximum absolute atomic E-state index is 13.9. The van der Waals surface area contributed by atoms with E-state index < -0.39 is 28.5 Å². The lowest BCUT2D eigenvalue weighted by Crippen LogP contribution is -2.51. The first-order valence-electron chi connectivity index (χ1n) is 12.3. The van der Waals surface area contributed by atoms with Crippen LogP contribution in [0.25, 0.3) is 0 Å². The molecule has 0 unspecified atom stereocenters. The summed E-state index contributed by atoms with van der Waals surface area (Å²) in [5.41, 5.74) is 3.98. The highest BCUT2D eigenvalue weighted by atomic mass is 32.2. The van der Waals surface area contributed by atoms with Gasteiger partial charge in [-0.1, -0.05) is 60.2 Å². The molecular formula is C29H35N3O4S. The average molecular weight is 522 g/mol. The minimum atomic E-state index is -4.07. The summed E-state index contributed by atoms with van der Waals surface area (Å²) < 4.78 is 28.9. The molecule has 0 saturated heterocycles. The van der Waals surface area contributed by atoms with Gasteiger partial charge in [0.15, 0.2) is 0 Å². The van der Waals surface area contributed by atoms with E-state index in [4.69, 9.17) is 0 Å². The summed E-state index contributed by atoms with van der Waals surface area (Å²) in [7, 11) is -2.56. The van der Waals surface area contributed by atoms with E-state index in [2.05, 4.69) is 5.32 Å². The van der Waals surface area contributed by atoms with Crippen molar-refractivity contribution in [2.24, 2.45) is 0 Å². The van der Waals surface area contributed by atoms with Gasteiger partial charge in [-0.2, -0.15) is 0 Å². The third kappa shape index (κ3) is 6.77. The fourth-order valence-corrected chi connectivity index (χ4v) is 5.59. The minimum Gasteiger partial charge on any atom is -0.357 e. The quantitative estimate of drug-likeness (QED) is 0.437. The van der Waals surface area contributed by atoms with E-state index in [0.717, 1.165) is 26.6 Å². The molecule has 0 aromatic heterocycles. The zero-order chi connectivity index (χ0) is 27.2. The lowest BCUT2D eigenvalue weighted by Gasteiger charge is -2.32. The summed E-state index contributed by atoms with van der Waals surface area (Å²) in [6.07, 6.45) is 0.530. The second-order valence-electron chi connectivity index (χ2n) is 9.23. The van der Waals surface area contributed by atoms with E-state index in [0.29, 0.717) is 12.1 Å². The van der Waals surface area contributed by atoms with Gasteiger partial charge in [-0.15, -0.1) is 0 Å². The van der Waals surface area contributed by atoms with Crippen LogP contribution in [0.3, 0.4) is 0 Å². The Labute approximate surface area is 220 Å². The van der Waals surface area contributed by atoms with Crippen molar-refractivity contribution in [2.45, 2.75) is 45.1 Å². The first kappa shape index (κ1) is 27.9. The van der Waals surface area contributed by atoms with Crippen LogP contribution in [0.4, 0.5) is 5.69 Å². The van der Waals surface area contributed by atoms with E-state index in [1.165, 1.54) is 11.9 Å². The Morgan fingerprint density at radius 1 is 0.892 bits per heavy atom. The smallest absolute Gasteiger partial charge is 0.264 e. The molecule has 196 valence electrons. The van der Waals surface area contributed by atoms with Crippen LogP contribution in [-0.4, -0.2) is 51.3 Å². The first-order chi connectivity index (χ1) is 17.5. The van der Waals surface area contributed by atoms with Crippen LogP contribution in [0.1, 0.15) is 29.2 Å². The first-order valence-corrected chi connectivity index (χ1v) is 13.7. The standard InChI is InChI=1S/C29H35N3O4S/c1-21-12-15-26(16-13-21)37(35,36)32(27-19-22(2)11-14-23(27)3)20-28(33)31(24(4)29(34)30-5)18-17-25-9-7-6-8-10-25/h6-16,19,24H,17-18,20H2,1-5H3,(H,30,34)/t24-/m0/s1. The lowest BCUT2D eigenvalue weighted by molar-refractivity contribution is -0.138. The Morgan fingerprint density at radius 2 is 1.51 bits per heavy atom. The molecule has 0 heterocycles. The number of rotatable bonds is 10. The van der Waals surface area contributed by atoms with Gasteiger partial charge in [0.25, 0.3) is 10.0 Å². The summed E-state index contributed by atoms with van der Waals surface area (Å²) in [4.78, 5) is 27.9. The van der Waals surface area contributed by atoms with Crippen molar-refractivity contribution in [1.82, 2.24) is 10.2 Å². The Kier molecular flexibility index (Phi) is 9.10. The van der Waals surface area contributed by atoms with Gasteiger partial charge in [0.2, 0.25) is 11.8 Å². The molecular weight excluding hydrogens is 486 g/mol. The second kappa shape index (κ2) is 12.1. The minimum absolute atomic E-state index is 0.0991. The van der Waals surface area contributed by atoms with Crippen molar-refractivity contribution in [3.8, 4) is 0 Å². The van der Waals surface area contributed by atoms with Crippen molar-refractivity contribution in [2.75, 3.05) is 24.4 Å². The number of hydrogen-bond acceptors (Lipinski definition) is 4. The number of nitrogens with zero attached hydrogens (tertiary/aromatic N) is 2. The van der Waals surface area contributed by atoms with Gasteiger partial charge in [-0.25, -0.2) is 8.42 Å². The molecule has 7 nitrogen and oxygen atoms in total. The number of anilines is 1. The van der Waals surface area contributed by atoms with Crippen LogP contribution in [0.15, 0.2) is 77.7 Å². The van der Waals surface area contributed by atoms with Crippen LogP contribution < -0.4 is 9.62 Å². The Bertz CT molecular complexity index is 1340. The Morgan fingerprint density at radius 3 is 2.14 bits per heavy atom. The van der Waals surface area contributed by atoms with Gasteiger partial charge in [0.05, 0.1) is 10.6 Å². The van der Waals surface area contributed by atoms with E-state index >= 15 is 0 Å². The van der Waals surface area contributed by atoms with Crippen LogP contribution in [0.2, 0.25) is 0 Å². The van der Waals surface area contributed by atoms with Gasteiger partial charge in [0.1, 0.15) is 12.6 Å². The summed E-state index contributed by atoms with van der Waals surface area (Å²) >= 11 is 0. The second-order valence-corrected chi connectivity index (χ2v) is 11.1. The SMILES string of the molecule is CNC(=O)[C@H](C)N(CCc1ccccc1)C(=O)CN(c1cc(C)ccc1C)S(=O)(=O)c1ccc(C)cc1. The van der Waals surface area contributed by atoms with Crippen LogP contribution in [0, 0.1) is 20.8 Å². The van der Waals surface area contributed by atoms with E-state index in [1.54, 1.807) is 37.3 Å². The van der Waals surface area contributed by atoms with Gasteiger partial charge >= 0.3 is 0 Å². The molecule has 0 spiro atoms. The number of sulfonamides is 1. The average Bonchev–Trinajstić information content (AvgIpc) is 2.89. The number of amides is 2. The van der Waals surface area contributed by atoms with E-state index in [1.807, 2.05) is 63.2 Å². The molecule has 3 rings (SSSR count). The highest BCUT2D eigenvalue weighted by Gasteiger charge is 2.32. The number of carbonyl (C=O) groups excluding carboxylic acids is 2. The van der Waals surface area contributed by atoms with E-state index in [-0.39, 0.29) is 17.3 Å². The van der Waals surface area contributed by atoms with Crippen LogP contribution >= 0.6 is 0 Å². The van der Waals surface area contributed by atoms with Gasteiger partial charge in [-0.05, 0) is 69.0 Å². The predicted molar refractivity (Wildman–Crippen MR) is 147 cm³/mol. The molecule has 1 atom stereocenters. The topological polar surface area (TPSA) is 86.8 Å². The molecule has 0 bridgehead atoms. The molecule has 0 aliphatic carbocycles. The maximum atomic E-state index is 13.9. The molecule has 0 saturated carbocycles. The molecule has 0 fully saturated rings. The number of hydrogen-bond donors (Lipinski definition) is 1. The number of nitrogens with one attached hydrogen (secondary N) is 1. The summed E-state index contributed by atoms with van der Waals surface area (Å²) in [5, 5.41) is 2.60. The third-order valence-corrected chi connectivity index (χ3v) is 8.19. The molecule has 3 aromatic rings. The number of carbonyl (C=O) groups is 2. The monoisotopic (exact) mass is 521 g/mol. The fourth-order valence-electron chi connectivity index (χ4n) is 4.12.